The molecule has 10 heteroatoms. The highest BCUT2D eigenvalue weighted by Crippen LogP contribution is 2.49. The van der Waals surface area contributed by atoms with E-state index in [1.165, 1.54) is 0 Å². The average molecular weight is 251 g/mol. The number of alkyl halides is 10. The van der Waals surface area contributed by atoms with Gasteiger partial charge in [0.1, 0.15) is 6.42 Å². The summed E-state index contributed by atoms with van der Waals surface area (Å²) in [4.78, 5) is 0. The van der Waals surface area contributed by atoms with Crippen molar-refractivity contribution in [1.82, 2.24) is 0 Å². The van der Waals surface area contributed by atoms with Crippen molar-refractivity contribution in [2.45, 2.75) is 24.2 Å². The Kier molecular flexibility index (Phi) is 3.25. The maximum atomic E-state index is 11.9. The maximum absolute atomic E-state index is 11.9. The Labute approximate surface area is 75.9 Å². The van der Waals surface area contributed by atoms with Crippen LogP contribution in [0.5, 0.6) is 0 Å². The Morgan fingerprint density at radius 1 is 0.600 bits per heavy atom. The van der Waals surface area contributed by atoms with Crippen molar-refractivity contribution in [3.05, 3.63) is 6.42 Å². The minimum Gasteiger partial charge on any atom is -0.199 e. The van der Waals surface area contributed by atoms with Crippen LogP contribution in [0, 0.1) is 6.42 Å². The standard InChI is InChI=1S/C5HF10/c6-2(7,1-3(8,9)10)4(11,12)5(13,14)15/h1H. The Bertz CT molecular complexity index is 219. The summed E-state index contributed by atoms with van der Waals surface area (Å²) in [5, 5.41) is 0. The second-order valence-electron chi connectivity index (χ2n) is 2.38. The van der Waals surface area contributed by atoms with E-state index in [0.717, 1.165) is 0 Å². The van der Waals surface area contributed by atoms with Crippen LogP contribution >= 0.6 is 0 Å². The monoisotopic (exact) mass is 251 g/mol. The molecule has 0 rings (SSSR count). The third-order valence-electron chi connectivity index (χ3n) is 1.12. The highest BCUT2D eigenvalue weighted by Gasteiger charge is 2.74. The smallest absolute Gasteiger partial charge is 0.199 e. The van der Waals surface area contributed by atoms with Crippen LogP contribution in [0.4, 0.5) is 43.9 Å². The minimum absolute atomic E-state index is 2.30. The van der Waals surface area contributed by atoms with Crippen LogP contribution < -0.4 is 0 Å². The van der Waals surface area contributed by atoms with Crippen molar-refractivity contribution in [2.24, 2.45) is 0 Å². The van der Waals surface area contributed by atoms with E-state index in [0.29, 0.717) is 0 Å². The van der Waals surface area contributed by atoms with Crippen molar-refractivity contribution in [2.75, 3.05) is 0 Å². The van der Waals surface area contributed by atoms with Gasteiger partial charge in [0.15, 0.2) is 0 Å². The minimum atomic E-state index is -6.77. The first-order chi connectivity index (χ1) is 6.21. The molecule has 0 N–H and O–H groups in total. The van der Waals surface area contributed by atoms with Crippen LogP contribution in [0.15, 0.2) is 0 Å². The predicted octanol–water partition coefficient (Wildman–Crippen LogP) is 3.59. The molecule has 0 bridgehead atoms. The highest BCUT2D eigenvalue weighted by molar-refractivity contribution is 5.03. The van der Waals surface area contributed by atoms with Crippen LogP contribution in [-0.4, -0.2) is 24.2 Å². The Balaban J connectivity index is 5.03. The zero-order valence-corrected chi connectivity index (χ0v) is 6.36. The molecule has 0 unspecified atom stereocenters. The normalized spacial score (nSPS) is 15.6. The lowest BCUT2D eigenvalue weighted by Crippen LogP contribution is -2.53. The molecule has 0 nitrogen and oxygen atoms in total. The highest BCUT2D eigenvalue weighted by atomic mass is 19.4. The maximum Gasteiger partial charge on any atom is 0.459 e. The fourth-order valence-corrected chi connectivity index (χ4v) is 0.485. The van der Waals surface area contributed by atoms with Gasteiger partial charge in [-0.3, -0.25) is 0 Å². The van der Waals surface area contributed by atoms with Gasteiger partial charge in [-0.1, -0.05) is 0 Å². The summed E-state index contributed by atoms with van der Waals surface area (Å²) in [6.07, 6.45) is -15.0. The molecule has 0 aliphatic carbocycles. The van der Waals surface area contributed by atoms with Crippen molar-refractivity contribution in [1.29, 1.82) is 0 Å². The summed E-state index contributed by atoms with van der Waals surface area (Å²) in [6, 6.07) is 0. The fourth-order valence-electron chi connectivity index (χ4n) is 0.485. The van der Waals surface area contributed by atoms with Crippen LogP contribution in [0.1, 0.15) is 0 Å². The van der Waals surface area contributed by atoms with Gasteiger partial charge in [0.05, 0.1) is 0 Å². The number of hydrogen-bond donors (Lipinski definition) is 0. The molecule has 0 aromatic rings. The second kappa shape index (κ2) is 3.41. The molecule has 0 saturated carbocycles. The van der Waals surface area contributed by atoms with Crippen molar-refractivity contribution in [3.63, 3.8) is 0 Å². The molecule has 0 aromatic heterocycles. The molecule has 0 spiro atoms. The molecule has 0 amide bonds. The molecular weight excluding hydrogens is 250 g/mol. The molecule has 0 aliphatic rings. The van der Waals surface area contributed by atoms with Crippen LogP contribution in [0.25, 0.3) is 0 Å². The summed E-state index contributed by atoms with van der Waals surface area (Å²) >= 11 is 0. The van der Waals surface area contributed by atoms with E-state index in [1.54, 1.807) is 0 Å². The summed E-state index contributed by atoms with van der Waals surface area (Å²) < 4.78 is 115. The predicted molar refractivity (Wildman–Crippen MR) is 26.3 cm³/mol. The first-order valence-corrected chi connectivity index (χ1v) is 2.97. The molecule has 0 saturated heterocycles. The van der Waals surface area contributed by atoms with Gasteiger partial charge in [-0.05, 0) is 0 Å². The van der Waals surface area contributed by atoms with Gasteiger partial charge in [-0.2, -0.15) is 43.9 Å². The first-order valence-electron chi connectivity index (χ1n) is 2.97. The quantitative estimate of drug-likeness (QED) is 0.658. The fraction of sp³-hybridized carbons (Fsp3) is 0.800. The molecule has 91 valence electrons. The van der Waals surface area contributed by atoms with Crippen molar-refractivity contribution >= 4 is 0 Å². The molecule has 0 aliphatic heterocycles. The van der Waals surface area contributed by atoms with Crippen LogP contribution in [0.2, 0.25) is 0 Å². The van der Waals surface area contributed by atoms with Crippen LogP contribution in [-0.2, 0) is 0 Å². The second-order valence-corrected chi connectivity index (χ2v) is 2.38. The molecule has 0 aromatic carbocycles. The third kappa shape index (κ3) is 3.13. The van der Waals surface area contributed by atoms with E-state index in [9.17, 15) is 43.9 Å². The Morgan fingerprint density at radius 2 is 0.933 bits per heavy atom. The van der Waals surface area contributed by atoms with E-state index in [4.69, 9.17) is 0 Å². The summed E-state index contributed by atoms with van der Waals surface area (Å²) in [5.41, 5.74) is 0. The lowest BCUT2D eigenvalue weighted by atomic mass is 10.1. The molecule has 0 atom stereocenters. The SMILES string of the molecule is FC(F)(F)[CH]C(F)(F)C(F)(F)C(F)(F)F. The molecule has 0 heterocycles. The zero-order chi connectivity index (χ0) is 12.7. The van der Waals surface area contributed by atoms with Gasteiger partial charge in [-0.25, -0.2) is 0 Å². The van der Waals surface area contributed by atoms with Gasteiger partial charge >= 0.3 is 24.2 Å². The molecule has 1 radical (unpaired) electrons. The Morgan fingerprint density at radius 3 is 1.13 bits per heavy atom. The molecule has 0 fully saturated rings. The zero-order valence-electron chi connectivity index (χ0n) is 6.36. The van der Waals surface area contributed by atoms with Crippen molar-refractivity contribution < 1.29 is 43.9 Å². The number of halogens is 10. The van der Waals surface area contributed by atoms with E-state index < -0.39 is 30.6 Å². The van der Waals surface area contributed by atoms with Crippen LogP contribution in [0.3, 0.4) is 0 Å². The van der Waals surface area contributed by atoms with Gasteiger partial charge in [0, 0.05) is 0 Å². The van der Waals surface area contributed by atoms with Gasteiger partial charge in [0.25, 0.3) is 0 Å². The van der Waals surface area contributed by atoms with E-state index in [-0.39, 0.29) is 0 Å². The molecule has 15 heavy (non-hydrogen) atoms. The van der Waals surface area contributed by atoms with E-state index in [1.807, 2.05) is 0 Å². The lowest BCUT2D eigenvalue weighted by Gasteiger charge is -2.28. The Hall–Kier alpha value is -0.700. The topological polar surface area (TPSA) is 0 Å². The average Bonchev–Trinajstić information content (AvgIpc) is 1.77. The first kappa shape index (κ1) is 14.3. The van der Waals surface area contributed by atoms with E-state index >= 15 is 0 Å². The summed E-state index contributed by atoms with van der Waals surface area (Å²) in [5.74, 6) is -13.1. The third-order valence-corrected chi connectivity index (χ3v) is 1.12. The number of rotatable bonds is 2. The van der Waals surface area contributed by atoms with Gasteiger partial charge < -0.3 is 0 Å². The van der Waals surface area contributed by atoms with Gasteiger partial charge in [-0.15, -0.1) is 0 Å². The van der Waals surface area contributed by atoms with E-state index in [2.05, 4.69) is 0 Å². The molecular formula is C5HF10. The lowest BCUT2D eigenvalue weighted by molar-refractivity contribution is -0.352. The largest absolute Gasteiger partial charge is 0.459 e. The van der Waals surface area contributed by atoms with Gasteiger partial charge in [0.2, 0.25) is 0 Å². The summed E-state index contributed by atoms with van der Waals surface area (Å²) in [6.45, 7) is 0. The van der Waals surface area contributed by atoms with Crippen molar-refractivity contribution in [3.8, 4) is 0 Å². The summed E-state index contributed by atoms with van der Waals surface area (Å²) in [7, 11) is 0. The number of hydrogen-bond acceptors (Lipinski definition) is 0.